The quantitative estimate of drug-likeness (QED) is 0.207. The molecule has 0 aliphatic rings. The van der Waals surface area contributed by atoms with Gasteiger partial charge in [0.15, 0.2) is 0 Å². The predicted molar refractivity (Wildman–Crippen MR) is 132 cm³/mol. The third-order valence-electron chi connectivity index (χ3n) is 2.44. The number of benzene rings is 1. The topological polar surface area (TPSA) is 168 Å². The predicted octanol–water partition coefficient (Wildman–Crippen LogP) is 1.65. The van der Waals surface area contributed by atoms with Crippen molar-refractivity contribution in [2.45, 2.75) is 19.3 Å². The van der Waals surface area contributed by atoms with Crippen LogP contribution in [0, 0.1) is 0 Å². The van der Waals surface area contributed by atoms with Gasteiger partial charge in [-0.25, -0.2) is 0 Å². The summed E-state index contributed by atoms with van der Waals surface area (Å²) in [7, 11) is -4.52. The van der Waals surface area contributed by atoms with Crippen LogP contribution in [0.2, 0.25) is 0 Å². The van der Waals surface area contributed by atoms with Gasteiger partial charge in [0.1, 0.15) is 0 Å². The third-order valence-corrected chi connectivity index (χ3v) is 6.11. The molecule has 22 heteroatoms. The van der Waals surface area contributed by atoms with Crippen molar-refractivity contribution in [1.82, 2.24) is 0 Å². The monoisotopic (exact) mass is 718 g/mol. The molecule has 0 amide bonds. The largest absolute Gasteiger partial charge is 0.807 e. The molecular formula is C14H9Al2Cl8O11P. The molecule has 1 aromatic rings. The van der Waals surface area contributed by atoms with Crippen molar-refractivity contribution in [2.24, 2.45) is 0 Å². The fourth-order valence-electron chi connectivity index (χ4n) is 1.05. The van der Waals surface area contributed by atoms with Crippen LogP contribution < -0.4 is 15.1 Å². The van der Waals surface area contributed by atoms with Gasteiger partial charge in [-0.15, -0.1) is 0 Å². The minimum Gasteiger partial charge on any atom is -0.807 e. The molecular weight excluding hydrogens is 713 g/mol. The van der Waals surface area contributed by atoms with Gasteiger partial charge in [0.05, 0.1) is 0 Å². The second-order valence-corrected chi connectivity index (χ2v) is 12.2. The van der Waals surface area contributed by atoms with Gasteiger partial charge in [-0.2, -0.15) is 0 Å². The maximum atomic E-state index is 10.6. The van der Waals surface area contributed by atoms with E-state index in [1.807, 2.05) is 0 Å². The Hall–Kier alpha value is 0.635. The van der Waals surface area contributed by atoms with Crippen LogP contribution in [0.1, 0.15) is 0 Å². The Morgan fingerprint density at radius 3 is 1.03 bits per heavy atom. The van der Waals surface area contributed by atoms with Crippen LogP contribution in [0.5, 0.6) is 0 Å². The smallest absolute Gasteiger partial charge is 0.0157 e. The van der Waals surface area contributed by atoms with Crippen LogP contribution in [0.15, 0.2) is 30.3 Å². The van der Waals surface area contributed by atoms with E-state index in [0.29, 0.717) is 0 Å². The Bertz CT molecular complexity index is 792. The molecule has 0 aromatic heterocycles. The normalized spacial score (nSPS) is 10.2. The van der Waals surface area contributed by atoms with Gasteiger partial charge in [-0.1, -0.05) is 30.3 Å². The second kappa shape index (κ2) is 21.5. The zero-order valence-electron chi connectivity index (χ0n) is 16.8. The number of halogens is 8. The van der Waals surface area contributed by atoms with Crippen molar-refractivity contribution < 1.29 is 48.7 Å². The summed E-state index contributed by atoms with van der Waals surface area (Å²) in [6.45, 7) is 0. The first-order valence-electron chi connectivity index (χ1n) is 8.16. The van der Waals surface area contributed by atoms with Gasteiger partial charge >= 0.3 is 202 Å². The molecule has 0 aliphatic carbocycles. The number of hydrogen-bond acceptors (Lipinski definition) is 11. The number of alkyl halides is 8. The van der Waals surface area contributed by atoms with E-state index in [1.54, 1.807) is 6.07 Å². The van der Waals surface area contributed by atoms with Gasteiger partial charge in [0, 0.05) is 0 Å². The SMILES string of the molecule is O=C([O][Al+][O]C(=O)C(Cl)Cl)C(Cl)Cl.O=C([O][Al+][O]C(=O)C(Cl)Cl)C(Cl)Cl.O=P([O-])([O-])c1ccccc1. The molecule has 0 radical (unpaired) electrons. The van der Waals surface area contributed by atoms with E-state index in [0.717, 1.165) is 0 Å². The van der Waals surface area contributed by atoms with Crippen LogP contribution in [-0.4, -0.2) is 75.0 Å². The van der Waals surface area contributed by atoms with E-state index < -0.39 is 82.6 Å². The third kappa shape index (κ3) is 21.6. The summed E-state index contributed by atoms with van der Waals surface area (Å²) in [6, 6.07) is 7.23. The zero-order valence-corrected chi connectivity index (χ0v) is 26.1. The summed E-state index contributed by atoms with van der Waals surface area (Å²) in [5.41, 5.74) is 0. The molecule has 36 heavy (non-hydrogen) atoms. The van der Waals surface area contributed by atoms with Gasteiger partial charge < -0.3 is 14.4 Å². The Labute approximate surface area is 257 Å². The Morgan fingerprint density at radius 1 is 0.611 bits per heavy atom. The van der Waals surface area contributed by atoms with Crippen LogP contribution in [0.3, 0.4) is 0 Å². The number of rotatable bonds is 9. The second-order valence-electron chi connectivity index (χ2n) is 4.98. The first-order valence-corrected chi connectivity index (χ1v) is 15.1. The molecule has 11 nitrogen and oxygen atoms in total. The van der Waals surface area contributed by atoms with Crippen molar-refractivity contribution in [1.29, 1.82) is 0 Å². The molecule has 1 aromatic carbocycles. The molecule has 198 valence electrons. The van der Waals surface area contributed by atoms with Crippen LogP contribution >= 0.6 is 100 Å². The van der Waals surface area contributed by atoms with Crippen molar-refractivity contribution >= 4 is 161 Å². The number of carbonyl (C=O) groups is 4. The van der Waals surface area contributed by atoms with E-state index in [9.17, 15) is 33.5 Å². The maximum absolute atomic E-state index is 10.6. The van der Waals surface area contributed by atoms with E-state index in [2.05, 4.69) is 15.2 Å². The van der Waals surface area contributed by atoms with Crippen molar-refractivity contribution in [2.75, 3.05) is 0 Å². The first kappa shape index (κ1) is 38.8. The van der Waals surface area contributed by atoms with E-state index in [4.69, 9.17) is 92.8 Å². The molecule has 0 fully saturated rings. The molecule has 0 N–H and O–H groups in total. The Kier molecular flexibility index (Phi) is 23.1. The first-order chi connectivity index (χ1) is 16.5. The van der Waals surface area contributed by atoms with E-state index >= 15 is 0 Å². The average molecular weight is 722 g/mol. The molecule has 0 saturated heterocycles. The molecule has 0 spiro atoms. The zero-order chi connectivity index (χ0) is 28.5. The van der Waals surface area contributed by atoms with Gasteiger partial charge in [0.2, 0.25) is 0 Å². The standard InChI is InChI=1S/C6H7O3P.4C2H2Cl2O2.2Al/c7-10(8,9)6-4-2-1-3-5-6;4*3-1(4)2(5)6;;/h1-5H,(H2,7,8,9);4*1H,(H,5,6);;/q;;;;;2*+3/p-6. The molecule has 0 saturated carbocycles. The van der Waals surface area contributed by atoms with E-state index in [1.165, 1.54) is 24.3 Å². The number of hydrogen-bond donors (Lipinski definition) is 0. The average Bonchev–Trinajstić information content (AvgIpc) is 2.79. The van der Waals surface area contributed by atoms with Crippen molar-refractivity contribution in [3.05, 3.63) is 30.3 Å². The van der Waals surface area contributed by atoms with Gasteiger partial charge in [0.25, 0.3) is 0 Å². The molecule has 0 atom stereocenters. The summed E-state index contributed by atoms with van der Waals surface area (Å²) in [4.78, 5) is 57.7. The number of carbonyl (C=O) groups excluding carboxylic acids is 4. The minimum atomic E-state index is -4.52. The van der Waals surface area contributed by atoms with Crippen molar-refractivity contribution in [3.63, 3.8) is 0 Å². The summed E-state index contributed by atoms with van der Waals surface area (Å²) in [5.74, 6) is -3.53. The fourth-order valence-corrected chi connectivity index (χ4v) is 3.71. The Morgan fingerprint density at radius 2 is 0.861 bits per heavy atom. The van der Waals surface area contributed by atoms with Crippen LogP contribution in [0.4, 0.5) is 0 Å². The molecule has 1 rings (SSSR count). The molecule has 0 aliphatic heterocycles. The summed E-state index contributed by atoms with van der Waals surface area (Å²) in [5, 5.41) is -0.157. The maximum Gasteiger partial charge on any atom is -0.0157 e. The molecule has 0 bridgehead atoms. The summed E-state index contributed by atoms with van der Waals surface area (Å²) >= 11 is 38.3. The van der Waals surface area contributed by atoms with E-state index in [-0.39, 0.29) is 5.30 Å². The van der Waals surface area contributed by atoms with Crippen LogP contribution in [-0.2, 0) is 38.9 Å². The van der Waals surface area contributed by atoms with Crippen LogP contribution in [0.25, 0.3) is 0 Å². The summed E-state index contributed by atoms with van der Waals surface area (Å²) in [6.07, 6.45) is 0. The van der Waals surface area contributed by atoms with Gasteiger partial charge in [-0.05, 0) is 12.9 Å². The molecule has 0 unspecified atom stereocenters. The fraction of sp³-hybridized carbons (Fsp3) is 0.286. The summed E-state index contributed by atoms with van der Waals surface area (Å²) < 4.78 is 27.7. The minimum absolute atomic E-state index is 0.157. The molecule has 0 heterocycles. The van der Waals surface area contributed by atoms with Crippen molar-refractivity contribution in [3.8, 4) is 0 Å². The van der Waals surface area contributed by atoms with Gasteiger partial charge in [-0.3, -0.25) is 0 Å². The Balaban J connectivity index is 0.